The van der Waals surface area contributed by atoms with Crippen LogP contribution in [0.3, 0.4) is 0 Å². The molecule has 0 radical (unpaired) electrons. The van der Waals surface area contributed by atoms with Gasteiger partial charge in [0.1, 0.15) is 11.6 Å². The Morgan fingerprint density at radius 1 is 1.00 bits per heavy atom. The fraction of sp³-hybridized carbons (Fsp3) is 0.531. The summed E-state index contributed by atoms with van der Waals surface area (Å²) in [6.45, 7) is 15.5. The van der Waals surface area contributed by atoms with Gasteiger partial charge in [-0.05, 0) is 70.1 Å². The van der Waals surface area contributed by atoms with Crippen LogP contribution < -0.4 is 20.4 Å². The van der Waals surface area contributed by atoms with Crippen molar-refractivity contribution in [1.29, 1.82) is 0 Å². The van der Waals surface area contributed by atoms with E-state index in [0.717, 1.165) is 67.7 Å². The van der Waals surface area contributed by atoms with Gasteiger partial charge in [-0.2, -0.15) is 4.98 Å². The van der Waals surface area contributed by atoms with Crippen molar-refractivity contribution >= 4 is 29.0 Å². The van der Waals surface area contributed by atoms with Crippen LogP contribution in [0.25, 0.3) is 0 Å². The summed E-state index contributed by atoms with van der Waals surface area (Å²) in [5, 5.41) is 6.65. The van der Waals surface area contributed by atoms with Crippen LogP contribution in [0.5, 0.6) is 0 Å². The van der Waals surface area contributed by atoms with Gasteiger partial charge in [-0.15, -0.1) is 0 Å². The molecule has 9 heteroatoms. The predicted octanol–water partition coefficient (Wildman–Crippen LogP) is 5.56. The molecule has 6 rings (SSSR count). The summed E-state index contributed by atoms with van der Waals surface area (Å²) in [7, 11) is 1.94. The van der Waals surface area contributed by atoms with Gasteiger partial charge in [-0.1, -0.05) is 26.8 Å². The Morgan fingerprint density at radius 2 is 1.80 bits per heavy atom. The first-order valence-corrected chi connectivity index (χ1v) is 15.0. The zero-order valence-corrected chi connectivity index (χ0v) is 25.4. The molecule has 1 aromatic carbocycles. The Bertz CT molecular complexity index is 1310. The van der Waals surface area contributed by atoms with E-state index in [1.54, 1.807) is 0 Å². The zero-order valence-electron chi connectivity index (χ0n) is 25.4. The first-order chi connectivity index (χ1) is 19.9. The molecule has 2 atom stereocenters. The summed E-state index contributed by atoms with van der Waals surface area (Å²) in [6, 6.07) is 14.9. The van der Waals surface area contributed by atoms with Crippen molar-refractivity contribution in [3.8, 4) is 0 Å². The summed E-state index contributed by atoms with van der Waals surface area (Å²) in [4.78, 5) is 19.6. The molecule has 3 aliphatic heterocycles. The molecule has 2 N–H and O–H groups in total. The number of hydrogen-bond donors (Lipinski definition) is 2. The number of pyridine rings is 1. The quantitative estimate of drug-likeness (QED) is 0.403. The van der Waals surface area contributed by atoms with Gasteiger partial charge in [0, 0.05) is 54.8 Å². The van der Waals surface area contributed by atoms with Crippen molar-refractivity contribution in [3.05, 3.63) is 59.9 Å². The van der Waals surface area contributed by atoms with E-state index >= 15 is 0 Å². The molecule has 2 aromatic heterocycles. The van der Waals surface area contributed by atoms with Crippen LogP contribution in [0, 0.1) is 0 Å². The fourth-order valence-electron chi connectivity index (χ4n) is 6.03. The number of anilines is 5. The Hall–Kier alpha value is -3.27. The standard InChI is InChI=1S/C30H39N7O2.C2H6/c1-29(2)17-25-30(3,20-39-29)24-19-32-28(35-27(24)37(25)26-8-5-7-22(33-26)18-31-4)34-21-9-11-23(12-10-21)36-13-6-15-38-16-14-36;1-2/h5,7-12,19,25,31H,6,13-18,20H2,1-4H3,(H,32,34,35);1-2H3/t25?,30-;/m1./s1. The Kier molecular flexibility index (Phi) is 8.77. The van der Waals surface area contributed by atoms with Crippen LogP contribution >= 0.6 is 0 Å². The van der Waals surface area contributed by atoms with Crippen molar-refractivity contribution in [2.45, 2.75) is 71.1 Å². The SMILES string of the molecule is CC.CNCc1cccc(N2c3nc(Nc4ccc(N5CCCOCC5)cc4)ncc3[C@@]3(C)COC(C)(C)CC23)n1. The minimum absolute atomic E-state index is 0.162. The highest BCUT2D eigenvalue weighted by molar-refractivity contribution is 5.71. The molecule has 0 saturated carbocycles. The third-order valence-electron chi connectivity index (χ3n) is 8.21. The number of aromatic nitrogens is 3. The van der Waals surface area contributed by atoms with Gasteiger partial charge in [0.2, 0.25) is 5.95 Å². The summed E-state index contributed by atoms with van der Waals surface area (Å²) in [5.41, 5.74) is 3.80. The van der Waals surface area contributed by atoms with E-state index in [2.05, 4.69) is 83.7 Å². The van der Waals surface area contributed by atoms with E-state index in [4.69, 9.17) is 24.4 Å². The van der Waals surface area contributed by atoms with E-state index in [9.17, 15) is 0 Å². The Labute approximate surface area is 244 Å². The monoisotopic (exact) mass is 559 g/mol. The van der Waals surface area contributed by atoms with E-state index in [0.29, 0.717) is 19.1 Å². The van der Waals surface area contributed by atoms with Gasteiger partial charge in [0.15, 0.2) is 0 Å². The number of nitrogens with one attached hydrogen (secondary N) is 2. The molecule has 3 aromatic rings. The van der Waals surface area contributed by atoms with Crippen LogP contribution in [0.1, 0.15) is 58.7 Å². The van der Waals surface area contributed by atoms with E-state index < -0.39 is 0 Å². The highest BCUT2D eigenvalue weighted by Crippen LogP contribution is 2.52. The molecule has 0 bridgehead atoms. The summed E-state index contributed by atoms with van der Waals surface area (Å²) >= 11 is 0. The molecule has 220 valence electrons. The van der Waals surface area contributed by atoms with Gasteiger partial charge in [0.25, 0.3) is 0 Å². The smallest absolute Gasteiger partial charge is 0.229 e. The first-order valence-electron chi connectivity index (χ1n) is 15.0. The number of rotatable bonds is 6. The number of benzene rings is 1. The van der Waals surface area contributed by atoms with Crippen LogP contribution in [0.2, 0.25) is 0 Å². The molecule has 41 heavy (non-hydrogen) atoms. The van der Waals surface area contributed by atoms with Crippen molar-refractivity contribution < 1.29 is 9.47 Å². The zero-order chi connectivity index (χ0) is 29.0. The molecule has 0 amide bonds. The lowest BCUT2D eigenvalue weighted by atomic mass is 9.73. The van der Waals surface area contributed by atoms with Crippen molar-refractivity contribution in [3.63, 3.8) is 0 Å². The predicted molar refractivity (Wildman–Crippen MR) is 166 cm³/mol. The summed E-state index contributed by atoms with van der Waals surface area (Å²) in [5.74, 6) is 2.38. The molecule has 1 unspecified atom stereocenters. The minimum Gasteiger partial charge on any atom is -0.380 e. The molecule has 9 nitrogen and oxygen atoms in total. The second-order valence-electron chi connectivity index (χ2n) is 11.6. The van der Waals surface area contributed by atoms with Gasteiger partial charge in [-0.25, -0.2) is 9.97 Å². The Morgan fingerprint density at radius 3 is 2.59 bits per heavy atom. The van der Waals surface area contributed by atoms with Crippen molar-refractivity contribution in [2.75, 3.05) is 55.1 Å². The van der Waals surface area contributed by atoms with E-state index in [-0.39, 0.29) is 17.1 Å². The fourth-order valence-corrected chi connectivity index (χ4v) is 6.03. The average molecular weight is 560 g/mol. The number of hydrogen-bond acceptors (Lipinski definition) is 9. The third-order valence-corrected chi connectivity index (χ3v) is 8.21. The van der Waals surface area contributed by atoms with Gasteiger partial charge < -0.3 is 29.9 Å². The maximum absolute atomic E-state index is 6.34. The topological polar surface area (TPSA) is 87.7 Å². The van der Waals surface area contributed by atoms with Crippen molar-refractivity contribution in [2.24, 2.45) is 0 Å². The number of ether oxygens (including phenoxy) is 2. The largest absolute Gasteiger partial charge is 0.380 e. The average Bonchev–Trinajstić information content (AvgIpc) is 3.13. The lowest BCUT2D eigenvalue weighted by molar-refractivity contribution is -0.0893. The number of fused-ring (bicyclic) bond motifs is 3. The minimum atomic E-state index is -0.234. The third kappa shape index (κ3) is 6.03. The summed E-state index contributed by atoms with van der Waals surface area (Å²) in [6.07, 6.45) is 3.89. The van der Waals surface area contributed by atoms with Crippen LogP contribution in [0.4, 0.5) is 29.0 Å². The van der Waals surface area contributed by atoms with Gasteiger partial charge in [-0.3, -0.25) is 0 Å². The highest BCUT2D eigenvalue weighted by atomic mass is 16.5. The summed E-state index contributed by atoms with van der Waals surface area (Å²) < 4.78 is 11.9. The highest BCUT2D eigenvalue weighted by Gasteiger charge is 2.55. The van der Waals surface area contributed by atoms with Crippen LogP contribution in [-0.4, -0.2) is 66.6 Å². The lowest BCUT2D eigenvalue weighted by Gasteiger charge is -2.46. The lowest BCUT2D eigenvalue weighted by Crippen LogP contribution is -2.54. The van der Waals surface area contributed by atoms with Crippen LogP contribution in [-0.2, 0) is 21.4 Å². The second-order valence-corrected chi connectivity index (χ2v) is 11.6. The van der Waals surface area contributed by atoms with Gasteiger partial charge in [0.05, 0.1) is 30.6 Å². The maximum atomic E-state index is 6.34. The molecule has 0 aliphatic carbocycles. The van der Waals surface area contributed by atoms with Crippen LogP contribution in [0.15, 0.2) is 48.7 Å². The Balaban J connectivity index is 0.00000165. The molecule has 2 fully saturated rings. The molecule has 3 aliphatic rings. The van der Waals surface area contributed by atoms with Gasteiger partial charge >= 0.3 is 0 Å². The molecule has 5 heterocycles. The number of nitrogens with zero attached hydrogens (tertiary/aromatic N) is 5. The van der Waals surface area contributed by atoms with Crippen molar-refractivity contribution in [1.82, 2.24) is 20.3 Å². The molecule has 2 saturated heterocycles. The molecular weight excluding hydrogens is 514 g/mol. The van der Waals surface area contributed by atoms with E-state index in [1.807, 2.05) is 27.1 Å². The van der Waals surface area contributed by atoms with E-state index in [1.165, 1.54) is 5.69 Å². The maximum Gasteiger partial charge on any atom is 0.229 e. The first kappa shape index (κ1) is 29.2. The normalized spacial score (nSPS) is 23.1. The molecular formula is C32H45N7O2. The second kappa shape index (κ2) is 12.3. The molecule has 0 spiro atoms.